The molecule has 3 aromatic rings. The van der Waals surface area contributed by atoms with Crippen molar-refractivity contribution in [2.24, 2.45) is 0 Å². The predicted octanol–water partition coefficient (Wildman–Crippen LogP) is 6.24. The first-order valence-corrected chi connectivity index (χ1v) is 10.5. The van der Waals surface area contributed by atoms with Gasteiger partial charge in [-0.15, -0.1) is 0 Å². The maximum Gasteiger partial charge on any atom is 0.159 e. The van der Waals surface area contributed by atoms with Crippen molar-refractivity contribution in [2.75, 3.05) is 7.11 Å². The summed E-state index contributed by atoms with van der Waals surface area (Å²) in [5, 5.41) is 0. The Balaban J connectivity index is 1.50. The van der Waals surface area contributed by atoms with E-state index >= 15 is 0 Å². The number of hydrogen-bond donors (Lipinski definition) is 0. The molecule has 0 radical (unpaired) electrons. The van der Waals surface area contributed by atoms with E-state index in [1.807, 2.05) is 60.9 Å². The molecule has 0 unspecified atom stereocenters. The first-order valence-electron chi connectivity index (χ1n) is 10.5. The molecule has 0 saturated carbocycles. The highest BCUT2D eigenvalue weighted by Gasteiger charge is 2.03. The van der Waals surface area contributed by atoms with Crippen LogP contribution in [0.15, 0.2) is 60.9 Å². The number of hydrogen-bond acceptors (Lipinski definition) is 4. The minimum absolute atomic E-state index is 0.521. The lowest BCUT2D eigenvalue weighted by molar-refractivity contribution is 0.306. The number of aromatic nitrogens is 2. The van der Waals surface area contributed by atoms with E-state index in [1.165, 1.54) is 37.7 Å². The molecule has 0 aliphatic heterocycles. The molecule has 4 heteroatoms. The van der Waals surface area contributed by atoms with E-state index in [2.05, 4.69) is 16.9 Å². The van der Waals surface area contributed by atoms with Gasteiger partial charge in [-0.25, -0.2) is 9.97 Å². The molecule has 1 heterocycles. The molecule has 2 aromatic carbocycles. The summed E-state index contributed by atoms with van der Waals surface area (Å²) in [7, 11) is 1.67. The van der Waals surface area contributed by atoms with Gasteiger partial charge in [-0.3, -0.25) is 0 Å². The van der Waals surface area contributed by atoms with Crippen LogP contribution in [0.5, 0.6) is 11.5 Å². The van der Waals surface area contributed by atoms with Crippen LogP contribution >= 0.6 is 0 Å². The van der Waals surface area contributed by atoms with E-state index < -0.39 is 0 Å². The van der Waals surface area contributed by atoms with Crippen molar-refractivity contribution in [3.05, 3.63) is 72.1 Å². The number of methoxy groups -OCH3 is 1. The molecule has 4 nitrogen and oxygen atoms in total. The Kier molecular flexibility index (Phi) is 8.05. The second-order valence-corrected chi connectivity index (χ2v) is 7.24. The molecule has 3 rings (SSSR count). The minimum Gasteiger partial charge on any atom is -0.497 e. The van der Waals surface area contributed by atoms with Crippen LogP contribution in [0.25, 0.3) is 11.4 Å². The van der Waals surface area contributed by atoms with E-state index in [0.29, 0.717) is 6.61 Å². The van der Waals surface area contributed by atoms with E-state index in [9.17, 15) is 0 Å². The summed E-state index contributed by atoms with van der Waals surface area (Å²) in [6, 6.07) is 15.8. The van der Waals surface area contributed by atoms with Gasteiger partial charge in [-0.05, 0) is 60.4 Å². The smallest absolute Gasteiger partial charge is 0.159 e. The monoisotopic (exact) mass is 390 g/mol. The fourth-order valence-corrected chi connectivity index (χ4v) is 3.15. The zero-order valence-electron chi connectivity index (χ0n) is 17.4. The molecular weight excluding hydrogens is 360 g/mol. The van der Waals surface area contributed by atoms with Crippen LogP contribution in [0.4, 0.5) is 0 Å². The average molecular weight is 391 g/mol. The van der Waals surface area contributed by atoms with E-state index in [0.717, 1.165) is 34.9 Å². The van der Waals surface area contributed by atoms with Gasteiger partial charge >= 0.3 is 0 Å². The van der Waals surface area contributed by atoms with Gasteiger partial charge in [0, 0.05) is 18.0 Å². The Morgan fingerprint density at radius 3 is 2.03 bits per heavy atom. The summed E-state index contributed by atoms with van der Waals surface area (Å²) in [5.74, 6) is 2.43. The fraction of sp³-hybridized carbons (Fsp3) is 0.360. The molecule has 29 heavy (non-hydrogen) atoms. The van der Waals surface area contributed by atoms with Gasteiger partial charge in [0.05, 0.1) is 7.11 Å². The molecule has 152 valence electrons. The summed E-state index contributed by atoms with van der Waals surface area (Å²) < 4.78 is 11.0. The molecule has 0 aliphatic rings. The third kappa shape index (κ3) is 6.60. The topological polar surface area (TPSA) is 44.2 Å². The molecule has 0 N–H and O–H groups in total. The lowest BCUT2D eigenvalue weighted by atomic mass is 10.1. The summed E-state index contributed by atoms with van der Waals surface area (Å²) in [5.41, 5.74) is 3.31. The van der Waals surface area contributed by atoms with Gasteiger partial charge in [0.2, 0.25) is 0 Å². The Morgan fingerprint density at radius 1 is 0.724 bits per heavy atom. The van der Waals surface area contributed by atoms with Gasteiger partial charge in [0.1, 0.15) is 18.1 Å². The number of nitrogens with zero attached hydrogens (tertiary/aromatic N) is 2. The van der Waals surface area contributed by atoms with E-state index in [1.54, 1.807) is 7.11 Å². The third-order valence-corrected chi connectivity index (χ3v) is 4.95. The van der Waals surface area contributed by atoms with Gasteiger partial charge in [0.25, 0.3) is 0 Å². The summed E-state index contributed by atoms with van der Waals surface area (Å²) in [6.45, 7) is 2.76. The third-order valence-electron chi connectivity index (χ3n) is 4.95. The number of aryl methyl sites for hydroxylation is 1. The van der Waals surface area contributed by atoms with Crippen molar-refractivity contribution in [3.63, 3.8) is 0 Å². The van der Waals surface area contributed by atoms with Crippen LogP contribution in [-0.4, -0.2) is 17.1 Å². The SMILES string of the molecule is CCCCCCCc1cnc(-c2ccc(OCc3ccc(OC)cc3)cc2)nc1. The van der Waals surface area contributed by atoms with Gasteiger partial charge in [-0.1, -0.05) is 44.7 Å². The average Bonchev–Trinajstić information content (AvgIpc) is 2.79. The zero-order valence-corrected chi connectivity index (χ0v) is 17.4. The number of ether oxygens (including phenoxy) is 2. The number of unbranched alkanes of at least 4 members (excludes halogenated alkanes) is 4. The van der Waals surface area contributed by atoms with Crippen LogP contribution in [0.2, 0.25) is 0 Å². The molecule has 0 bridgehead atoms. The highest BCUT2D eigenvalue weighted by Crippen LogP contribution is 2.21. The largest absolute Gasteiger partial charge is 0.497 e. The standard InChI is InChI=1S/C25H30N2O2/c1-3-4-5-6-7-8-21-17-26-25(27-18-21)22-11-15-24(16-12-22)29-19-20-9-13-23(28-2)14-10-20/h9-18H,3-8,19H2,1-2H3. The Labute approximate surface area is 173 Å². The summed E-state index contributed by atoms with van der Waals surface area (Å²) in [4.78, 5) is 9.08. The molecular formula is C25H30N2O2. The Hall–Kier alpha value is -2.88. The van der Waals surface area contributed by atoms with E-state index in [-0.39, 0.29) is 0 Å². The van der Waals surface area contributed by atoms with E-state index in [4.69, 9.17) is 9.47 Å². The molecule has 0 aliphatic carbocycles. The van der Waals surface area contributed by atoms with Crippen molar-refractivity contribution < 1.29 is 9.47 Å². The number of rotatable bonds is 11. The zero-order chi connectivity index (χ0) is 20.3. The lowest BCUT2D eigenvalue weighted by Crippen LogP contribution is -1.96. The minimum atomic E-state index is 0.521. The second kappa shape index (κ2) is 11.2. The van der Waals surface area contributed by atoms with Crippen molar-refractivity contribution in [3.8, 4) is 22.9 Å². The Bertz CT molecular complexity index is 844. The summed E-state index contributed by atoms with van der Waals surface area (Å²) >= 11 is 0. The molecule has 0 fully saturated rings. The summed E-state index contributed by atoms with van der Waals surface area (Å²) in [6.07, 6.45) is 11.4. The van der Waals surface area contributed by atoms with Gasteiger partial charge in [-0.2, -0.15) is 0 Å². The van der Waals surface area contributed by atoms with Crippen LogP contribution in [0, 0.1) is 0 Å². The molecule has 0 atom stereocenters. The van der Waals surface area contributed by atoms with Crippen molar-refractivity contribution in [2.45, 2.75) is 52.1 Å². The van der Waals surface area contributed by atoms with Crippen molar-refractivity contribution in [1.29, 1.82) is 0 Å². The lowest BCUT2D eigenvalue weighted by Gasteiger charge is -2.08. The van der Waals surface area contributed by atoms with Gasteiger partial charge < -0.3 is 9.47 Å². The predicted molar refractivity (Wildman–Crippen MR) is 117 cm³/mol. The van der Waals surface area contributed by atoms with Crippen LogP contribution in [-0.2, 0) is 13.0 Å². The number of benzene rings is 2. The van der Waals surface area contributed by atoms with Crippen molar-refractivity contribution >= 4 is 0 Å². The van der Waals surface area contributed by atoms with Gasteiger partial charge in [0.15, 0.2) is 5.82 Å². The second-order valence-electron chi connectivity index (χ2n) is 7.24. The molecule has 0 spiro atoms. The van der Waals surface area contributed by atoms with Crippen molar-refractivity contribution in [1.82, 2.24) is 9.97 Å². The van der Waals surface area contributed by atoms with Crippen LogP contribution in [0.1, 0.15) is 50.2 Å². The quantitative estimate of drug-likeness (QED) is 0.363. The molecule has 1 aromatic heterocycles. The van der Waals surface area contributed by atoms with Crippen LogP contribution in [0.3, 0.4) is 0 Å². The fourth-order valence-electron chi connectivity index (χ4n) is 3.15. The maximum atomic E-state index is 5.87. The molecule has 0 saturated heterocycles. The first-order chi connectivity index (χ1) is 14.3. The first kappa shape index (κ1) is 20.8. The highest BCUT2D eigenvalue weighted by molar-refractivity contribution is 5.55. The normalized spacial score (nSPS) is 10.7. The maximum absolute atomic E-state index is 5.87. The highest BCUT2D eigenvalue weighted by atomic mass is 16.5. The van der Waals surface area contributed by atoms with Crippen LogP contribution < -0.4 is 9.47 Å². The Morgan fingerprint density at radius 2 is 1.38 bits per heavy atom. The molecule has 0 amide bonds.